The molecule has 0 saturated carbocycles. The molecule has 0 saturated heterocycles. The molecule has 0 spiro atoms. The maximum absolute atomic E-state index is 12.9. The molecule has 0 bridgehead atoms. The van der Waals surface area contributed by atoms with Crippen molar-refractivity contribution in [2.75, 3.05) is 5.32 Å². The first kappa shape index (κ1) is 22.4. The molecule has 5 nitrogen and oxygen atoms in total. The number of nitrogens with zero attached hydrogens (tertiary/aromatic N) is 1. The summed E-state index contributed by atoms with van der Waals surface area (Å²) in [6.45, 7) is 0. The lowest BCUT2D eigenvalue weighted by Crippen LogP contribution is -2.22. The van der Waals surface area contributed by atoms with Crippen molar-refractivity contribution in [2.24, 2.45) is 0 Å². The zero-order valence-electron chi connectivity index (χ0n) is 15.9. The standard InChI is InChI=1S/C21H13ClF3N3O2S2/c22-16-10-9-14(11-15(16)21(23,24)25)32-28-19(29)26-12-5-7-13(8-6-12)31-20-27-17-3-1-2-4-18(17)30-20/h1-11H,(H2,26,28,29). The highest BCUT2D eigenvalue weighted by molar-refractivity contribution is 7.99. The summed E-state index contributed by atoms with van der Waals surface area (Å²) in [5.41, 5.74) is 1.02. The number of fused-ring (bicyclic) bond motifs is 1. The molecule has 4 rings (SSSR count). The quantitative estimate of drug-likeness (QED) is 0.281. The number of carbonyl (C=O) groups is 1. The van der Waals surface area contributed by atoms with Crippen molar-refractivity contribution in [2.45, 2.75) is 21.2 Å². The summed E-state index contributed by atoms with van der Waals surface area (Å²) >= 11 is 7.68. The Hall–Kier alpha value is -2.82. The Bertz CT molecular complexity index is 1230. The van der Waals surface area contributed by atoms with Gasteiger partial charge in [0.25, 0.3) is 5.22 Å². The average molecular weight is 496 g/mol. The van der Waals surface area contributed by atoms with Gasteiger partial charge in [-0.15, -0.1) is 0 Å². The van der Waals surface area contributed by atoms with Crippen LogP contribution in [0.5, 0.6) is 0 Å². The second-order valence-electron chi connectivity index (χ2n) is 6.37. The fourth-order valence-corrected chi connectivity index (χ4v) is 4.20. The lowest BCUT2D eigenvalue weighted by Gasteiger charge is -2.11. The van der Waals surface area contributed by atoms with Crippen LogP contribution < -0.4 is 10.0 Å². The Kier molecular flexibility index (Phi) is 6.54. The molecule has 0 fully saturated rings. The first-order chi connectivity index (χ1) is 15.3. The smallest absolute Gasteiger partial charge is 0.417 e. The molecular weight excluding hydrogens is 483 g/mol. The predicted octanol–water partition coefficient (Wildman–Crippen LogP) is 7.48. The van der Waals surface area contributed by atoms with Crippen LogP contribution in [0.2, 0.25) is 5.02 Å². The van der Waals surface area contributed by atoms with Crippen molar-refractivity contribution in [1.82, 2.24) is 9.71 Å². The number of hydrogen-bond donors (Lipinski definition) is 2. The van der Waals surface area contributed by atoms with E-state index in [0.717, 1.165) is 34.5 Å². The maximum atomic E-state index is 12.9. The average Bonchev–Trinajstić information content (AvgIpc) is 3.16. The van der Waals surface area contributed by atoms with Crippen molar-refractivity contribution in [1.29, 1.82) is 0 Å². The number of oxazole rings is 1. The second-order valence-corrected chi connectivity index (χ2v) is 8.68. The summed E-state index contributed by atoms with van der Waals surface area (Å²) < 4.78 is 46.9. The number of carbonyl (C=O) groups excluding carboxylic acids is 1. The molecular formula is C21H13ClF3N3O2S2. The van der Waals surface area contributed by atoms with Gasteiger partial charge < -0.3 is 9.73 Å². The van der Waals surface area contributed by atoms with E-state index < -0.39 is 22.8 Å². The van der Waals surface area contributed by atoms with Crippen LogP contribution in [0.3, 0.4) is 0 Å². The second kappa shape index (κ2) is 9.35. The van der Waals surface area contributed by atoms with Crippen LogP contribution in [-0.4, -0.2) is 11.0 Å². The van der Waals surface area contributed by atoms with Crippen molar-refractivity contribution in [3.8, 4) is 0 Å². The van der Waals surface area contributed by atoms with Crippen molar-refractivity contribution in [3.05, 3.63) is 77.3 Å². The zero-order valence-corrected chi connectivity index (χ0v) is 18.3. The summed E-state index contributed by atoms with van der Waals surface area (Å²) in [4.78, 5) is 17.5. The van der Waals surface area contributed by atoms with Crippen molar-refractivity contribution >= 4 is 58.1 Å². The summed E-state index contributed by atoms with van der Waals surface area (Å²) in [6.07, 6.45) is -4.58. The van der Waals surface area contributed by atoms with Crippen LogP contribution in [0.25, 0.3) is 11.1 Å². The lowest BCUT2D eigenvalue weighted by molar-refractivity contribution is -0.137. The Labute approximate surface area is 193 Å². The van der Waals surface area contributed by atoms with Gasteiger partial charge in [-0.1, -0.05) is 23.7 Å². The van der Waals surface area contributed by atoms with Crippen LogP contribution in [0, 0.1) is 0 Å². The molecule has 1 heterocycles. The molecule has 2 N–H and O–H groups in total. The Morgan fingerprint density at radius 1 is 1.00 bits per heavy atom. The van der Waals surface area contributed by atoms with Crippen LogP contribution in [0.4, 0.5) is 23.7 Å². The molecule has 0 atom stereocenters. The maximum Gasteiger partial charge on any atom is 0.417 e. The zero-order chi connectivity index (χ0) is 22.7. The fraction of sp³-hybridized carbons (Fsp3) is 0.0476. The summed E-state index contributed by atoms with van der Waals surface area (Å²) in [7, 11) is 0. The topological polar surface area (TPSA) is 67.2 Å². The minimum atomic E-state index is -4.58. The summed E-state index contributed by atoms with van der Waals surface area (Å²) in [5, 5.41) is 2.71. The molecule has 0 aliphatic heterocycles. The Morgan fingerprint density at radius 2 is 1.72 bits per heavy atom. The molecule has 32 heavy (non-hydrogen) atoms. The molecule has 0 aliphatic carbocycles. The van der Waals surface area contributed by atoms with E-state index in [2.05, 4.69) is 15.0 Å². The molecule has 1 aromatic heterocycles. The van der Waals surface area contributed by atoms with E-state index in [4.69, 9.17) is 16.0 Å². The van der Waals surface area contributed by atoms with Gasteiger partial charge in [0.05, 0.1) is 10.6 Å². The number of nitrogens with one attached hydrogen (secondary N) is 2. The highest BCUT2D eigenvalue weighted by atomic mass is 35.5. The number of amides is 2. The summed E-state index contributed by atoms with van der Waals surface area (Å²) in [5.74, 6) is 0. The number of urea groups is 1. The molecule has 0 radical (unpaired) electrons. The number of halogens is 4. The first-order valence-electron chi connectivity index (χ1n) is 9.02. The molecule has 2 amide bonds. The third-order valence-corrected chi connectivity index (χ3v) is 6.06. The van der Waals surface area contributed by atoms with Crippen LogP contribution >= 0.6 is 35.3 Å². The van der Waals surface area contributed by atoms with E-state index in [1.165, 1.54) is 17.8 Å². The summed E-state index contributed by atoms with van der Waals surface area (Å²) in [6, 6.07) is 17.2. The van der Waals surface area contributed by atoms with E-state index in [0.29, 0.717) is 16.5 Å². The van der Waals surface area contributed by atoms with Gasteiger partial charge in [-0.3, -0.25) is 4.72 Å². The molecule has 164 valence electrons. The lowest BCUT2D eigenvalue weighted by atomic mass is 10.2. The molecule has 11 heteroatoms. The molecule has 0 unspecified atom stereocenters. The first-order valence-corrected chi connectivity index (χ1v) is 11.0. The number of para-hydroxylation sites is 2. The third kappa shape index (κ3) is 5.50. The third-order valence-electron chi connectivity index (χ3n) is 4.10. The largest absolute Gasteiger partial charge is 0.431 e. The predicted molar refractivity (Wildman–Crippen MR) is 119 cm³/mol. The van der Waals surface area contributed by atoms with Gasteiger partial charge in [0.15, 0.2) is 5.58 Å². The minimum Gasteiger partial charge on any atom is -0.431 e. The van der Waals surface area contributed by atoms with E-state index >= 15 is 0 Å². The molecule has 4 aromatic rings. The molecule has 0 aliphatic rings. The minimum absolute atomic E-state index is 0.196. The van der Waals surface area contributed by atoms with Gasteiger partial charge in [0.1, 0.15) is 5.52 Å². The van der Waals surface area contributed by atoms with Gasteiger partial charge >= 0.3 is 12.2 Å². The van der Waals surface area contributed by atoms with Gasteiger partial charge in [-0.25, -0.2) is 9.78 Å². The number of benzene rings is 3. The van der Waals surface area contributed by atoms with Crippen LogP contribution in [0.15, 0.2) is 86.2 Å². The van der Waals surface area contributed by atoms with Gasteiger partial charge in [-0.2, -0.15) is 13.2 Å². The van der Waals surface area contributed by atoms with E-state index in [9.17, 15) is 18.0 Å². The van der Waals surface area contributed by atoms with Gasteiger partial charge in [0.2, 0.25) is 0 Å². The van der Waals surface area contributed by atoms with E-state index in [1.807, 2.05) is 24.3 Å². The monoisotopic (exact) mass is 495 g/mol. The van der Waals surface area contributed by atoms with Crippen LogP contribution in [0.1, 0.15) is 5.56 Å². The number of alkyl halides is 3. The van der Waals surface area contributed by atoms with Crippen molar-refractivity contribution < 1.29 is 22.4 Å². The van der Waals surface area contributed by atoms with E-state index in [1.54, 1.807) is 24.3 Å². The number of anilines is 1. The van der Waals surface area contributed by atoms with Gasteiger partial charge in [0, 0.05) is 15.5 Å². The highest BCUT2D eigenvalue weighted by Gasteiger charge is 2.33. The normalized spacial score (nSPS) is 11.5. The fourth-order valence-electron chi connectivity index (χ4n) is 2.65. The SMILES string of the molecule is O=C(NSc1ccc(Cl)c(C(F)(F)F)c1)Nc1ccc(Sc2nc3ccccc3o2)cc1. The number of aromatic nitrogens is 1. The molecule has 3 aromatic carbocycles. The Morgan fingerprint density at radius 3 is 2.44 bits per heavy atom. The number of rotatable bonds is 5. The van der Waals surface area contributed by atoms with Gasteiger partial charge in [-0.05, 0) is 78.3 Å². The van der Waals surface area contributed by atoms with Crippen molar-refractivity contribution in [3.63, 3.8) is 0 Å². The Balaban J connectivity index is 1.33. The van der Waals surface area contributed by atoms with E-state index in [-0.39, 0.29) is 4.90 Å². The van der Waals surface area contributed by atoms with Crippen LogP contribution in [-0.2, 0) is 6.18 Å². The number of hydrogen-bond acceptors (Lipinski definition) is 5. The highest BCUT2D eigenvalue weighted by Crippen LogP contribution is 2.36.